The third-order valence-corrected chi connectivity index (χ3v) is 2.99. The molecule has 1 amide bonds. The topological polar surface area (TPSA) is 73.6 Å². The van der Waals surface area contributed by atoms with Gasteiger partial charge in [-0.2, -0.15) is 0 Å². The van der Waals surface area contributed by atoms with Crippen LogP contribution < -0.4 is 11.1 Å². The van der Waals surface area contributed by atoms with Gasteiger partial charge in [-0.25, -0.2) is 0 Å². The Hall–Kier alpha value is -0.650. The van der Waals surface area contributed by atoms with Crippen molar-refractivity contribution >= 4 is 5.91 Å². The van der Waals surface area contributed by atoms with Crippen molar-refractivity contribution < 1.29 is 14.3 Å². The van der Waals surface area contributed by atoms with E-state index in [9.17, 15) is 4.79 Å². The number of nitrogens with two attached hydrogens (primary N) is 1. The summed E-state index contributed by atoms with van der Waals surface area (Å²) < 4.78 is 10.6. The molecule has 5 heteroatoms. The summed E-state index contributed by atoms with van der Waals surface area (Å²) in [5, 5.41) is 2.87. The van der Waals surface area contributed by atoms with Crippen LogP contribution in [0.15, 0.2) is 0 Å². The molecule has 2 aliphatic rings. The van der Waals surface area contributed by atoms with E-state index in [2.05, 4.69) is 5.32 Å². The van der Waals surface area contributed by atoms with Crippen molar-refractivity contribution in [2.75, 3.05) is 26.4 Å². The van der Waals surface area contributed by atoms with Crippen LogP contribution >= 0.6 is 0 Å². The molecule has 15 heavy (non-hydrogen) atoms. The molecule has 2 fully saturated rings. The Morgan fingerprint density at radius 2 is 2.33 bits per heavy atom. The average Bonchev–Trinajstić information content (AvgIpc) is 2.84. The van der Waals surface area contributed by atoms with Gasteiger partial charge in [0.25, 0.3) is 0 Å². The van der Waals surface area contributed by atoms with Crippen LogP contribution in [0.5, 0.6) is 0 Å². The maximum Gasteiger partial charge on any atom is 0.227 e. The molecule has 3 N–H and O–H groups in total. The highest BCUT2D eigenvalue weighted by atomic mass is 16.5. The van der Waals surface area contributed by atoms with Gasteiger partial charge in [0, 0.05) is 19.2 Å². The molecule has 0 aliphatic carbocycles. The molecular weight excluding hydrogens is 196 g/mol. The quantitative estimate of drug-likeness (QED) is 0.648. The zero-order chi connectivity index (χ0) is 10.7. The lowest BCUT2D eigenvalue weighted by Gasteiger charge is -2.15. The van der Waals surface area contributed by atoms with E-state index in [0.717, 1.165) is 19.4 Å². The average molecular weight is 214 g/mol. The monoisotopic (exact) mass is 214 g/mol. The molecule has 0 radical (unpaired) electrons. The summed E-state index contributed by atoms with van der Waals surface area (Å²) in [5.74, 6) is -0.193. The van der Waals surface area contributed by atoms with Gasteiger partial charge in [-0.15, -0.1) is 0 Å². The third-order valence-electron chi connectivity index (χ3n) is 2.99. The highest BCUT2D eigenvalue weighted by Crippen LogP contribution is 2.13. The summed E-state index contributed by atoms with van der Waals surface area (Å²) in [6, 6.07) is -0.158. The second-order valence-electron chi connectivity index (χ2n) is 4.19. The SMILES string of the molecule is NC1COCC1C(=O)NCC1CCCO1. The zero-order valence-electron chi connectivity index (χ0n) is 8.78. The van der Waals surface area contributed by atoms with Crippen LogP contribution in [-0.4, -0.2) is 44.4 Å². The molecule has 86 valence electrons. The van der Waals surface area contributed by atoms with Gasteiger partial charge < -0.3 is 20.5 Å². The number of carbonyl (C=O) groups excluding carboxylic acids is 1. The Morgan fingerprint density at radius 1 is 1.47 bits per heavy atom. The highest BCUT2D eigenvalue weighted by molar-refractivity contribution is 5.79. The number of nitrogens with one attached hydrogen (secondary N) is 1. The van der Waals surface area contributed by atoms with Gasteiger partial charge in [-0.1, -0.05) is 0 Å². The molecule has 0 aromatic carbocycles. The van der Waals surface area contributed by atoms with Gasteiger partial charge in [-0.05, 0) is 12.8 Å². The normalized spacial score (nSPS) is 35.7. The van der Waals surface area contributed by atoms with Crippen LogP contribution in [0.25, 0.3) is 0 Å². The molecule has 0 bridgehead atoms. The molecular formula is C10H18N2O3. The highest BCUT2D eigenvalue weighted by Gasteiger charge is 2.31. The first kappa shape index (κ1) is 10.9. The minimum atomic E-state index is -0.189. The van der Waals surface area contributed by atoms with Crippen LogP contribution in [0.4, 0.5) is 0 Å². The lowest BCUT2D eigenvalue weighted by Crippen LogP contribution is -2.43. The van der Waals surface area contributed by atoms with Gasteiger partial charge in [0.2, 0.25) is 5.91 Å². The molecule has 3 atom stereocenters. The lowest BCUT2D eigenvalue weighted by atomic mass is 10.0. The molecule has 0 saturated carbocycles. The van der Waals surface area contributed by atoms with Crippen molar-refractivity contribution in [3.63, 3.8) is 0 Å². The number of hydrogen-bond donors (Lipinski definition) is 2. The number of amides is 1. The van der Waals surface area contributed by atoms with E-state index in [4.69, 9.17) is 15.2 Å². The number of ether oxygens (including phenoxy) is 2. The molecule has 5 nitrogen and oxygen atoms in total. The van der Waals surface area contributed by atoms with Crippen molar-refractivity contribution in [3.05, 3.63) is 0 Å². The van der Waals surface area contributed by atoms with Gasteiger partial charge in [-0.3, -0.25) is 4.79 Å². The molecule has 0 aromatic heterocycles. The van der Waals surface area contributed by atoms with E-state index in [0.29, 0.717) is 19.8 Å². The van der Waals surface area contributed by atoms with E-state index < -0.39 is 0 Å². The summed E-state index contributed by atoms with van der Waals surface area (Å²) in [4.78, 5) is 11.7. The zero-order valence-corrected chi connectivity index (χ0v) is 8.78. The first-order valence-corrected chi connectivity index (χ1v) is 5.50. The minimum absolute atomic E-state index is 0.00417. The number of rotatable bonds is 3. The Morgan fingerprint density at radius 3 is 2.93 bits per heavy atom. The first-order chi connectivity index (χ1) is 7.27. The van der Waals surface area contributed by atoms with Crippen molar-refractivity contribution in [3.8, 4) is 0 Å². The largest absolute Gasteiger partial charge is 0.379 e. The Bertz CT molecular complexity index is 229. The number of hydrogen-bond acceptors (Lipinski definition) is 4. The summed E-state index contributed by atoms with van der Waals surface area (Å²) >= 11 is 0. The van der Waals surface area contributed by atoms with E-state index in [1.807, 2.05) is 0 Å². The first-order valence-electron chi connectivity index (χ1n) is 5.50. The van der Waals surface area contributed by atoms with E-state index in [-0.39, 0.29) is 24.0 Å². The van der Waals surface area contributed by atoms with Gasteiger partial charge in [0.1, 0.15) is 0 Å². The van der Waals surface area contributed by atoms with E-state index >= 15 is 0 Å². The molecule has 2 aliphatic heterocycles. The molecule has 2 saturated heterocycles. The van der Waals surface area contributed by atoms with Gasteiger partial charge in [0.15, 0.2) is 0 Å². The standard InChI is InChI=1S/C10H18N2O3/c11-9-6-14-5-8(9)10(13)12-4-7-2-1-3-15-7/h7-9H,1-6,11H2,(H,12,13). The van der Waals surface area contributed by atoms with E-state index in [1.54, 1.807) is 0 Å². The predicted octanol–water partition coefficient (Wildman–Crippen LogP) is -0.745. The van der Waals surface area contributed by atoms with E-state index in [1.165, 1.54) is 0 Å². The van der Waals surface area contributed by atoms with Crippen LogP contribution in [0.2, 0.25) is 0 Å². The molecule has 2 heterocycles. The van der Waals surface area contributed by atoms with Crippen molar-refractivity contribution in [2.45, 2.75) is 25.0 Å². The van der Waals surface area contributed by atoms with Gasteiger partial charge in [0.05, 0.1) is 25.2 Å². The Labute approximate surface area is 89.3 Å². The summed E-state index contributed by atoms with van der Waals surface area (Å²) in [6.45, 7) is 2.34. The maximum atomic E-state index is 11.7. The second kappa shape index (κ2) is 4.92. The van der Waals surface area contributed by atoms with Crippen molar-refractivity contribution in [1.82, 2.24) is 5.32 Å². The maximum absolute atomic E-state index is 11.7. The molecule has 0 aromatic rings. The fraction of sp³-hybridized carbons (Fsp3) is 0.900. The lowest BCUT2D eigenvalue weighted by molar-refractivity contribution is -0.125. The van der Waals surface area contributed by atoms with Crippen molar-refractivity contribution in [2.24, 2.45) is 11.7 Å². The Kier molecular flexibility index (Phi) is 3.56. The molecule has 0 spiro atoms. The summed E-state index contributed by atoms with van der Waals surface area (Å²) in [6.07, 6.45) is 2.31. The summed E-state index contributed by atoms with van der Waals surface area (Å²) in [7, 11) is 0. The smallest absolute Gasteiger partial charge is 0.227 e. The minimum Gasteiger partial charge on any atom is -0.379 e. The Balaban J connectivity index is 1.71. The third kappa shape index (κ3) is 2.68. The van der Waals surface area contributed by atoms with Gasteiger partial charge >= 0.3 is 0 Å². The van der Waals surface area contributed by atoms with Crippen LogP contribution in [0.1, 0.15) is 12.8 Å². The van der Waals surface area contributed by atoms with Crippen LogP contribution in [0, 0.1) is 5.92 Å². The second-order valence-corrected chi connectivity index (χ2v) is 4.19. The fourth-order valence-corrected chi connectivity index (χ4v) is 1.99. The predicted molar refractivity (Wildman–Crippen MR) is 54.3 cm³/mol. The molecule has 2 rings (SSSR count). The summed E-state index contributed by atoms with van der Waals surface area (Å²) in [5.41, 5.74) is 5.75. The fourth-order valence-electron chi connectivity index (χ4n) is 1.99. The van der Waals surface area contributed by atoms with Crippen molar-refractivity contribution in [1.29, 1.82) is 0 Å². The van der Waals surface area contributed by atoms with Crippen LogP contribution in [-0.2, 0) is 14.3 Å². The van der Waals surface area contributed by atoms with Crippen LogP contribution in [0.3, 0.4) is 0 Å². The molecule has 3 unspecified atom stereocenters. The number of carbonyl (C=O) groups is 1.